The van der Waals surface area contributed by atoms with E-state index in [2.05, 4.69) is 5.32 Å². The van der Waals surface area contributed by atoms with Crippen molar-refractivity contribution in [3.8, 4) is 0 Å². The lowest BCUT2D eigenvalue weighted by atomic mass is 10.3. The Morgan fingerprint density at radius 2 is 2.27 bits per heavy atom. The molecule has 0 radical (unpaired) electrons. The number of nitrogens with one attached hydrogen (secondary N) is 1. The van der Waals surface area contributed by atoms with Crippen LogP contribution in [0.1, 0.15) is 0 Å². The van der Waals surface area contributed by atoms with Crippen molar-refractivity contribution in [1.29, 1.82) is 0 Å². The van der Waals surface area contributed by atoms with Crippen LogP contribution in [0.2, 0.25) is 0 Å². The Kier molecular flexibility index (Phi) is 2.34. The molecule has 1 fully saturated rings. The van der Waals surface area contributed by atoms with Crippen LogP contribution in [0.15, 0.2) is 0 Å². The van der Waals surface area contributed by atoms with Gasteiger partial charge in [-0.05, 0) is 7.05 Å². The van der Waals surface area contributed by atoms with E-state index >= 15 is 0 Å². The molecule has 4 nitrogen and oxygen atoms in total. The van der Waals surface area contributed by atoms with E-state index in [1.165, 1.54) is 0 Å². The minimum atomic E-state index is 0.116. The number of urea groups is 1. The van der Waals surface area contributed by atoms with E-state index in [0.29, 0.717) is 6.04 Å². The Bertz CT molecular complexity index is 160. The van der Waals surface area contributed by atoms with Crippen LogP contribution in [0.4, 0.5) is 4.79 Å². The highest BCUT2D eigenvalue weighted by molar-refractivity contribution is 5.76. The molecule has 0 spiro atoms. The Morgan fingerprint density at radius 3 is 2.64 bits per heavy atom. The molecule has 0 aliphatic carbocycles. The van der Waals surface area contributed by atoms with E-state index in [-0.39, 0.29) is 6.03 Å². The van der Waals surface area contributed by atoms with Crippen LogP contribution in [-0.2, 0) is 0 Å². The summed E-state index contributed by atoms with van der Waals surface area (Å²) in [5.41, 5.74) is 0. The summed E-state index contributed by atoms with van der Waals surface area (Å²) < 4.78 is 0. The zero-order chi connectivity index (χ0) is 8.43. The number of likely N-dealkylation sites (N-methyl/N-ethyl adjacent to an activating group) is 3. The predicted octanol–water partition coefficient (Wildman–Crippen LogP) is -0.428. The maximum Gasteiger partial charge on any atom is 0.319 e. The molecule has 1 aliphatic rings. The minimum Gasteiger partial charge on any atom is -0.326 e. The number of hydrogen-bond acceptors (Lipinski definition) is 2. The highest BCUT2D eigenvalue weighted by Gasteiger charge is 2.30. The molecule has 1 aliphatic heterocycles. The van der Waals surface area contributed by atoms with Crippen molar-refractivity contribution in [1.82, 2.24) is 15.1 Å². The van der Waals surface area contributed by atoms with E-state index in [0.717, 1.165) is 13.1 Å². The fourth-order valence-electron chi connectivity index (χ4n) is 1.38. The lowest BCUT2D eigenvalue weighted by molar-refractivity contribution is 0.201. The van der Waals surface area contributed by atoms with Crippen LogP contribution >= 0.6 is 0 Å². The number of carbonyl (C=O) groups is 1. The third-order valence-electron chi connectivity index (χ3n) is 2.10. The first-order valence-electron chi connectivity index (χ1n) is 3.79. The van der Waals surface area contributed by atoms with Crippen LogP contribution < -0.4 is 5.32 Å². The summed E-state index contributed by atoms with van der Waals surface area (Å²) >= 11 is 0. The average molecular weight is 157 g/mol. The van der Waals surface area contributed by atoms with Crippen molar-refractivity contribution in [2.24, 2.45) is 0 Å². The predicted molar refractivity (Wildman–Crippen MR) is 43.5 cm³/mol. The first kappa shape index (κ1) is 8.33. The molecule has 1 rings (SSSR count). The maximum absolute atomic E-state index is 11.2. The molecule has 1 unspecified atom stereocenters. The monoisotopic (exact) mass is 157 g/mol. The molecule has 0 aromatic heterocycles. The summed E-state index contributed by atoms with van der Waals surface area (Å²) in [6.45, 7) is 1.70. The Morgan fingerprint density at radius 1 is 1.64 bits per heavy atom. The summed E-state index contributed by atoms with van der Waals surface area (Å²) in [4.78, 5) is 14.7. The van der Waals surface area contributed by atoms with Gasteiger partial charge >= 0.3 is 6.03 Å². The van der Waals surface area contributed by atoms with Gasteiger partial charge in [0.15, 0.2) is 0 Å². The van der Waals surface area contributed by atoms with Crippen LogP contribution in [0.3, 0.4) is 0 Å². The molecule has 4 heteroatoms. The summed E-state index contributed by atoms with van der Waals surface area (Å²) in [6, 6.07) is 0.447. The van der Waals surface area contributed by atoms with Gasteiger partial charge in [-0.3, -0.25) is 0 Å². The average Bonchev–Trinajstić information content (AvgIpc) is 2.19. The summed E-state index contributed by atoms with van der Waals surface area (Å²) in [5, 5.41) is 3.06. The standard InChI is InChI=1S/C7H15N3O/c1-8-4-6-5-9(2)7(11)10(6)3/h6,8H,4-5H2,1-3H3. The van der Waals surface area contributed by atoms with Crippen molar-refractivity contribution >= 4 is 6.03 Å². The zero-order valence-electron chi connectivity index (χ0n) is 7.29. The molecular weight excluding hydrogens is 142 g/mol. The lowest BCUT2D eigenvalue weighted by Gasteiger charge is -2.16. The van der Waals surface area contributed by atoms with E-state index < -0.39 is 0 Å². The molecule has 0 bridgehead atoms. The van der Waals surface area contributed by atoms with Crippen molar-refractivity contribution < 1.29 is 4.79 Å². The highest BCUT2D eigenvalue weighted by atomic mass is 16.2. The fraction of sp³-hybridized carbons (Fsp3) is 0.857. The molecule has 0 aromatic carbocycles. The third-order valence-corrected chi connectivity index (χ3v) is 2.10. The van der Waals surface area contributed by atoms with Gasteiger partial charge in [-0.15, -0.1) is 0 Å². The molecule has 1 atom stereocenters. The Balaban J connectivity index is 2.52. The molecule has 0 aromatic rings. The first-order valence-corrected chi connectivity index (χ1v) is 3.79. The van der Waals surface area contributed by atoms with Crippen LogP contribution in [0.25, 0.3) is 0 Å². The Labute approximate surface area is 67.2 Å². The van der Waals surface area contributed by atoms with Crippen LogP contribution in [-0.4, -0.2) is 56.1 Å². The van der Waals surface area contributed by atoms with E-state index in [4.69, 9.17) is 0 Å². The number of amides is 2. The molecule has 11 heavy (non-hydrogen) atoms. The van der Waals surface area contributed by atoms with Crippen molar-refractivity contribution in [3.63, 3.8) is 0 Å². The smallest absolute Gasteiger partial charge is 0.319 e. The van der Waals surface area contributed by atoms with Gasteiger partial charge in [0.05, 0.1) is 6.04 Å². The molecule has 1 N–H and O–H groups in total. The van der Waals surface area contributed by atoms with E-state index in [9.17, 15) is 4.79 Å². The van der Waals surface area contributed by atoms with Gasteiger partial charge in [0.1, 0.15) is 0 Å². The number of nitrogens with zero attached hydrogens (tertiary/aromatic N) is 2. The van der Waals surface area contributed by atoms with Gasteiger partial charge in [-0.2, -0.15) is 0 Å². The molecule has 1 heterocycles. The largest absolute Gasteiger partial charge is 0.326 e. The van der Waals surface area contributed by atoms with Crippen molar-refractivity contribution in [2.45, 2.75) is 6.04 Å². The Hall–Kier alpha value is -0.770. The van der Waals surface area contributed by atoms with Gasteiger partial charge in [0.25, 0.3) is 0 Å². The second-order valence-electron chi connectivity index (χ2n) is 2.99. The number of carbonyl (C=O) groups excluding carboxylic acids is 1. The molecule has 2 amide bonds. The summed E-state index contributed by atoms with van der Waals surface area (Å²) in [7, 11) is 5.57. The molecule has 64 valence electrons. The maximum atomic E-state index is 11.2. The molecule has 1 saturated heterocycles. The zero-order valence-corrected chi connectivity index (χ0v) is 7.29. The number of hydrogen-bond donors (Lipinski definition) is 1. The second kappa shape index (κ2) is 3.09. The van der Waals surface area contributed by atoms with Gasteiger partial charge in [0, 0.05) is 27.2 Å². The first-order chi connectivity index (χ1) is 5.16. The summed E-state index contributed by atoms with van der Waals surface area (Å²) in [5.74, 6) is 0. The normalized spacial score (nSPS) is 25.0. The van der Waals surface area contributed by atoms with Crippen LogP contribution in [0, 0.1) is 0 Å². The van der Waals surface area contributed by atoms with Crippen molar-refractivity contribution in [3.05, 3.63) is 0 Å². The van der Waals surface area contributed by atoms with Crippen molar-refractivity contribution in [2.75, 3.05) is 34.2 Å². The van der Waals surface area contributed by atoms with Gasteiger partial charge in [-0.1, -0.05) is 0 Å². The second-order valence-corrected chi connectivity index (χ2v) is 2.99. The third kappa shape index (κ3) is 1.45. The van der Waals surface area contributed by atoms with Crippen LogP contribution in [0.5, 0.6) is 0 Å². The van der Waals surface area contributed by atoms with Gasteiger partial charge in [-0.25, -0.2) is 4.79 Å². The molecular formula is C7H15N3O. The quantitative estimate of drug-likeness (QED) is 0.590. The minimum absolute atomic E-state index is 0.116. The van der Waals surface area contributed by atoms with E-state index in [1.54, 1.807) is 9.80 Å². The SMILES string of the molecule is CNCC1CN(C)C(=O)N1C. The lowest BCUT2D eigenvalue weighted by Crippen LogP contribution is -2.37. The highest BCUT2D eigenvalue weighted by Crippen LogP contribution is 2.10. The number of rotatable bonds is 2. The van der Waals surface area contributed by atoms with E-state index in [1.807, 2.05) is 21.1 Å². The fourth-order valence-corrected chi connectivity index (χ4v) is 1.38. The van der Waals surface area contributed by atoms with Gasteiger partial charge in [0.2, 0.25) is 0 Å². The topological polar surface area (TPSA) is 35.6 Å². The summed E-state index contributed by atoms with van der Waals surface area (Å²) in [6.07, 6.45) is 0. The van der Waals surface area contributed by atoms with Gasteiger partial charge < -0.3 is 15.1 Å². The molecule has 0 saturated carbocycles.